The van der Waals surface area contributed by atoms with Crippen LogP contribution in [0.3, 0.4) is 0 Å². The number of hydrogen-bond acceptors (Lipinski definition) is 5. The molecule has 21 heavy (non-hydrogen) atoms. The lowest BCUT2D eigenvalue weighted by Gasteiger charge is -2.10. The minimum Gasteiger partial charge on any atom is -0.355 e. The number of hydrogen-bond donors (Lipinski definition) is 3. The molecule has 0 bridgehead atoms. The Morgan fingerprint density at radius 2 is 1.76 bits per heavy atom. The first-order valence-corrected chi connectivity index (χ1v) is 6.80. The molecular weight excluding hydrogens is 268 g/mol. The first-order chi connectivity index (χ1) is 10.2. The summed E-state index contributed by atoms with van der Waals surface area (Å²) in [5.41, 5.74) is 7.24. The highest BCUT2D eigenvalue weighted by Crippen LogP contribution is 2.29. The van der Waals surface area contributed by atoms with Crippen molar-refractivity contribution in [2.24, 2.45) is 5.84 Å². The molecule has 0 amide bonds. The van der Waals surface area contributed by atoms with Crippen LogP contribution in [0.1, 0.15) is 17.5 Å². The zero-order chi connectivity index (χ0) is 14.8. The molecular formula is C15H16N4O2. The van der Waals surface area contributed by atoms with Gasteiger partial charge in [-0.3, -0.25) is 16.0 Å². The summed E-state index contributed by atoms with van der Waals surface area (Å²) in [6, 6.07) is 10.8. The molecule has 3 rings (SSSR count). The molecule has 0 aromatic heterocycles. The Balaban J connectivity index is 1.90. The van der Waals surface area contributed by atoms with E-state index in [1.807, 2.05) is 6.07 Å². The fourth-order valence-corrected chi connectivity index (χ4v) is 2.69. The van der Waals surface area contributed by atoms with Gasteiger partial charge in [-0.15, -0.1) is 0 Å². The van der Waals surface area contributed by atoms with Crippen molar-refractivity contribution in [1.29, 1.82) is 0 Å². The van der Waals surface area contributed by atoms with Gasteiger partial charge in [0, 0.05) is 23.5 Å². The minimum atomic E-state index is -0.436. The van der Waals surface area contributed by atoms with Gasteiger partial charge in [0.05, 0.1) is 10.6 Å². The van der Waals surface area contributed by atoms with Crippen LogP contribution in [0, 0.1) is 10.1 Å². The van der Waals surface area contributed by atoms with Gasteiger partial charge >= 0.3 is 0 Å². The van der Waals surface area contributed by atoms with E-state index in [0.717, 1.165) is 18.5 Å². The van der Waals surface area contributed by atoms with Crippen LogP contribution in [0.25, 0.3) is 0 Å². The van der Waals surface area contributed by atoms with Gasteiger partial charge in [-0.1, -0.05) is 6.07 Å². The lowest BCUT2D eigenvalue weighted by molar-refractivity contribution is -0.384. The van der Waals surface area contributed by atoms with Gasteiger partial charge < -0.3 is 10.7 Å². The van der Waals surface area contributed by atoms with Crippen LogP contribution in [0.5, 0.6) is 0 Å². The molecule has 108 valence electrons. The molecule has 2 aromatic rings. The number of nitrogens with two attached hydrogens (primary N) is 1. The van der Waals surface area contributed by atoms with Gasteiger partial charge in [-0.2, -0.15) is 0 Å². The lowest BCUT2D eigenvalue weighted by atomic mass is 10.1. The maximum atomic E-state index is 10.9. The van der Waals surface area contributed by atoms with Gasteiger partial charge in [0.15, 0.2) is 0 Å². The number of fused-ring (bicyclic) bond motifs is 1. The summed E-state index contributed by atoms with van der Waals surface area (Å²) in [5.74, 6) is 5.35. The molecule has 2 aromatic carbocycles. The van der Waals surface area contributed by atoms with Crippen molar-refractivity contribution >= 4 is 22.7 Å². The molecule has 0 aliphatic heterocycles. The largest absolute Gasteiger partial charge is 0.355 e. The molecule has 1 aliphatic carbocycles. The number of aryl methyl sites for hydroxylation is 2. The summed E-state index contributed by atoms with van der Waals surface area (Å²) in [6.45, 7) is 0. The number of nitrogens with one attached hydrogen (secondary N) is 2. The second kappa shape index (κ2) is 5.41. The smallest absolute Gasteiger partial charge is 0.273 e. The van der Waals surface area contributed by atoms with Crippen LogP contribution in [0.2, 0.25) is 0 Å². The van der Waals surface area contributed by atoms with E-state index >= 15 is 0 Å². The molecule has 6 heteroatoms. The van der Waals surface area contributed by atoms with Gasteiger partial charge in [0.25, 0.3) is 5.69 Å². The second-order valence-electron chi connectivity index (χ2n) is 5.13. The Morgan fingerprint density at radius 1 is 1.00 bits per heavy atom. The number of hydrazine groups is 1. The second-order valence-corrected chi connectivity index (χ2v) is 5.13. The number of nitrogens with zero attached hydrogens (tertiary/aromatic N) is 1. The Bertz CT molecular complexity index is 700. The van der Waals surface area contributed by atoms with Crippen molar-refractivity contribution in [3.8, 4) is 0 Å². The first-order valence-electron chi connectivity index (χ1n) is 6.80. The Morgan fingerprint density at radius 3 is 2.52 bits per heavy atom. The summed E-state index contributed by atoms with van der Waals surface area (Å²) < 4.78 is 0. The number of nitro groups is 1. The van der Waals surface area contributed by atoms with E-state index in [2.05, 4.69) is 22.9 Å². The van der Waals surface area contributed by atoms with Crippen LogP contribution >= 0.6 is 0 Å². The van der Waals surface area contributed by atoms with Gasteiger partial charge in [0.1, 0.15) is 0 Å². The number of rotatable bonds is 4. The monoisotopic (exact) mass is 284 g/mol. The normalized spacial score (nSPS) is 12.8. The highest BCUT2D eigenvalue weighted by atomic mass is 16.6. The van der Waals surface area contributed by atoms with Crippen molar-refractivity contribution in [1.82, 2.24) is 0 Å². The quantitative estimate of drug-likeness (QED) is 0.455. The molecule has 0 fully saturated rings. The van der Waals surface area contributed by atoms with Crippen molar-refractivity contribution in [3.63, 3.8) is 0 Å². The molecule has 0 saturated carbocycles. The molecule has 0 heterocycles. The standard InChI is InChI=1S/C15H16N4O2/c16-18-14-7-13(8-15(9-14)19(20)21)17-12-5-4-10-2-1-3-11(10)6-12/h4-9,17-18H,1-3,16H2. The fraction of sp³-hybridized carbons (Fsp3) is 0.200. The van der Waals surface area contributed by atoms with E-state index in [1.54, 1.807) is 6.07 Å². The summed E-state index contributed by atoms with van der Waals surface area (Å²) in [4.78, 5) is 10.5. The summed E-state index contributed by atoms with van der Waals surface area (Å²) in [7, 11) is 0. The van der Waals surface area contributed by atoms with E-state index in [9.17, 15) is 10.1 Å². The SMILES string of the molecule is NNc1cc(Nc2ccc3c(c2)CCC3)cc([N+](=O)[O-])c1. The van der Waals surface area contributed by atoms with Crippen LogP contribution in [-0.2, 0) is 12.8 Å². The number of nitro benzene ring substituents is 1. The highest BCUT2D eigenvalue weighted by Gasteiger charge is 2.12. The van der Waals surface area contributed by atoms with Crippen LogP contribution < -0.4 is 16.6 Å². The van der Waals surface area contributed by atoms with Crippen molar-refractivity contribution < 1.29 is 4.92 Å². The molecule has 0 atom stereocenters. The number of benzene rings is 2. The van der Waals surface area contributed by atoms with E-state index in [1.165, 1.54) is 29.7 Å². The Labute approximate surface area is 122 Å². The van der Waals surface area contributed by atoms with Crippen LogP contribution in [-0.4, -0.2) is 4.92 Å². The van der Waals surface area contributed by atoms with E-state index in [0.29, 0.717) is 11.4 Å². The predicted molar refractivity (Wildman–Crippen MR) is 82.7 cm³/mol. The fourth-order valence-electron chi connectivity index (χ4n) is 2.69. The third kappa shape index (κ3) is 2.80. The summed E-state index contributed by atoms with van der Waals surface area (Å²) in [6.07, 6.45) is 3.42. The summed E-state index contributed by atoms with van der Waals surface area (Å²) in [5, 5.41) is 14.1. The molecule has 0 spiro atoms. The molecule has 1 aliphatic rings. The first kappa shape index (κ1) is 13.4. The zero-order valence-corrected chi connectivity index (χ0v) is 11.4. The molecule has 0 unspecified atom stereocenters. The Hall–Kier alpha value is -2.60. The Kier molecular flexibility index (Phi) is 3.45. The van der Waals surface area contributed by atoms with Gasteiger partial charge in [0.2, 0.25) is 0 Å². The maximum Gasteiger partial charge on any atom is 0.273 e. The summed E-state index contributed by atoms with van der Waals surface area (Å²) >= 11 is 0. The van der Waals surface area contributed by atoms with Crippen molar-refractivity contribution in [3.05, 3.63) is 57.6 Å². The highest BCUT2D eigenvalue weighted by molar-refractivity contribution is 5.69. The van der Waals surface area contributed by atoms with Crippen LogP contribution in [0.4, 0.5) is 22.7 Å². The van der Waals surface area contributed by atoms with Gasteiger partial charge in [-0.25, -0.2) is 0 Å². The number of nitrogen functional groups attached to an aromatic ring is 1. The topological polar surface area (TPSA) is 93.2 Å². The predicted octanol–water partition coefficient (Wildman–Crippen LogP) is 3.11. The average molecular weight is 284 g/mol. The average Bonchev–Trinajstić information content (AvgIpc) is 2.94. The van der Waals surface area contributed by atoms with Gasteiger partial charge in [-0.05, 0) is 48.6 Å². The van der Waals surface area contributed by atoms with Crippen molar-refractivity contribution in [2.75, 3.05) is 10.7 Å². The van der Waals surface area contributed by atoms with E-state index in [4.69, 9.17) is 5.84 Å². The molecule has 6 nitrogen and oxygen atoms in total. The maximum absolute atomic E-state index is 10.9. The van der Waals surface area contributed by atoms with E-state index < -0.39 is 4.92 Å². The minimum absolute atomic E-state index is 0.00545. The number of anilines is 3. The molecule has 0 radical (unpaired) electrons. The van der Waals surface area contributed by atoms with E-state index in [-0.39, 0.29) is 5.69 Å². The van der Waals surface area contributed by atoms with Crippen molar-refractivity contribution in [2.45, 2.75) is 19.3 Å². The van der Waals surface area contributed by atoms with Crippen LogP contribution in [0.15, 0.2) is 36.4 Å². The lowest BCUT2D eigenvalue weighted by Crippen LogP contribution is -2.07. The third-order valence-electron chi connectivity index (χ3n) is 3.68. The molecule has 4 N–H and O–H groups in total. The number of non-ortho nitro benzene ring substituents is 1. The third-order valence-corrected chi connectivity index (χ3v) is 3.68. The zero-order valence-electron chi connectivity index (χ0n) is 11.4. The molecule has 0 saturated heterocycles.